The van der Waals surface area contributed by atoms with Gasteiger partial charge in [-0.05, 0) is 89.5 Å². The SMILES string of the molecule is CC(C)NC(=O)OC1CC(c2cc(Nc3cccc4c3S(=O)(=O)NC4)n[nH]2)C1.CC(C)NC(=O)OC1CCC(c2cc(Nc3cccc4c3S(=O)(=O)NC4)n[nH]2)CC1. The molecule has 2 aliphatic heterocycles. The summed E-state index contributed by atoms with van der Waals surface area (Å²) in [6, 6.07) is 14.6. The number of benzene rings is 2. The van der Waals surface area contributed by atoms with Crippen molar-refractivity contribution in [1.82, 2.24) is 40.5 Å². The maximum Gasteiger partial charge on any atom is 0.407 e. The molecule has 4 heterocycles. The minimum Gasteiger partial charge on any atom is -0.446 e. The van der Waals surface area contributed by atoms with Gasteiger partial charge in [0.05, 0.1) is 11.4 Å². The Labute approximate surface area is 337 Å². The summed E-state index contributed by atoms with van der Waals surface area (Å²) in [6.45, 7) is 8.17. The molecule has 2 amide bonds. The first kappa shape index (κ1) is 41.0. The number of rotatable bonds is 10. The highest BCUT2D eigenvalue weighted by Crippen LogP contribution is 2.40. The number of sulfonamides is 2. The van der Waals surface area contributed by atoms with Gasteiger partial charge < -0.3 is 30.7 Å². The number of hydrogen-bond acceptors (Lipinski definition) is 12. The molecule has 2 fully saturated rings. The number of alkyl carbamates (subject to hydrolysis) is 2. The van der Waals surface area contributed by atoms with Crippen LogP contribution >= 0.6 is 0 Å². The molecule has 0 unspecified atom stereocenters. The molecule has 58 heavy (non-hydrogen) atoms. The Bertz CT molecular complexity index is 2350. The number of carbonyl (C=O) groups excluding carboxylic acids is 2. The van der Waals surface area contributed by atoms with E-state index < -0.39 is 26.1 Å². The minimum absolute atomic E-state index is 0.0445. The summed E-state index contributed by atoms with van der Waals surface area (Å²) in [5, 5.41) is 26.3. The number of hydrogen-bond donors (Lipinski definition) is 8. The second-order valence-corrected chi connectivity index (χ2v) is 19.0. The van der Waals surface area contributed by atoms with E-state index >= 15 is 0 Å². The molecule has 2 aromatic heterocycles. The summed E-state index contributed by atoms with van der Waals surface area (Å²) in [7, 11) is -6.98. The van der Waals surface area contributed by atoms with Crippen LogP contribution in [0, 0.1) is 0 Å². The second kappa shape index (κ2) is 17.0. The van der Waals surface area contributed by atoms with Crippen molar-refractivity contribution in [3.8, 4) is 0 Å². The lowest BCUT2D eigenvalue weighted by Gasteiger charge is -2.33. The summed E-state index contributed by atoms with van der Waals surface area (Å²) in [5.74, 6) is 1.65. The zero-order valence-corrected chi connectivity index (χ0v) is 34.3. The van der Waals surface area contributed by atoms with Crippen molar-refractivity contribution in [2.45, 2.75) is 125 Å². The zero-order chi connectivity index (χ0) is 41.2. The first-order valence-corrected chi connectivity index (χ1v) is 22.4. The van der Waals surface area contributed by atoms with E-state index in [4.69, 9.17) is 9.47 Å². The molecule has 2 aliphatic carbocycles. The zero-order valence-electron chi connectivity index (χ0n) is 32.7. The predicted octanol–water partition coefficient (Wildman–Crippen LogP) is 5.43. The Hall–Kier alpha value is -5.18. The Morgan fingerprint density at radius 2 is 1.10 bits per heavy atom. The molecule has 8 rings (SSSR count). The highest BCUT2D eigenvalue weighted by molar-refractivity contribution is 7.90. The summed E-state index contributed by atoms with van der Waals surface area (Å²) in [4.78, 5) is 24.0. The van der Waals surface area contributed by atoms with Crippen molar-refractivity contribution in [3.63, 3.8) is 0 Å². The van der Waals surface area contributed by atoms with Crippen LogP contribution in [0.1, 0.15) is 101 Å². The number of H-pyrrole nitrogens is 2. The van der Waals surface area contributed by atoms with E-state index in [1.807, 2.05) is 52.0 Å². The van der Waals surface area contributed by atoms with E-state index in [1.54, 1.807) is 24.3 Å². The number of ether oxygens (including phenoxy) is 2. The Morgan fingerprint density at radius 1 is 0.655 bits per heavy atom. The van der Waals surface area contributed by atoms with Crippen LogP contribution in [0.25, 0.3) is 0 Å². The van der Waals surface area contributed by atoms with Gasteiger partial charge in [-0.15, -0.1) is 0 Å². The van der Waals surface area contributed by atoms with Crippen molar-refractivity contribution < 1.29 is 35.9 Å². The number of carbonyl (C=O) groups is 2. The van der Waals surface area contributed by atoms with Gasteiger partial charge in [0, 0.05) is 60.5 Å². The smallest absolute Gasteiger partial charge is 0.407 e. The molecule has 312 valence electrons. The van der Waals surface area contributed by atoms with E-state index in [9.17, 15) is 26.4 Å². The molecule has 0 spiro atoms. The van der Waals surface area contributed by atoms with Gasteiger partial charge in [0.2, 0.25) is 20.0 Å². The molecule has 0 saturated heterocycles. The number of nitrogens with zero attached hydrogens (tertiary/aromatic N) is 2. The molecule has 4 aromatic rings. The lowest BCUT2D eigenvalue weighted by molar-refractivity contribution is 0.0374. The summed E-state index contributed by atoms with van der Waals surface area (Å²) in [6.07, 6.45) is 3.92. The maximum absolute atomic E-state index is 12.3. The predicted molar refractivity (Wildman–Crippen MR) is 215 cm³/mol. The molecule has 4 aliphatic rings. The summed E-state index contributed by atoms with van der Waals surface area (Å²) < 4.78 is 64.8. The van der Waals surface area contributed by atoms with Crippen LogP contribution in [0.3, 0.4) is 0 Å². The van der Waals surface area contributed by atoms with Crippen LogP contribution in [-0.2, 0) is 42.6 Å². The molecule has 8 N–H and O–H groups in total. The van der Waals surface area contributed by atoms with Gasteiger partial charge in [0.25, 0.3) is 0 Å². The molecule has 0 atom stereocenters. The topological polar surface area (TPSA) is 250 Å². The van der Waals surface area contributed by atoms with Gasteiger partial charge in [0.15, 0.2) is 11.6 Å². The van der Waals surface area contributed by atoms with E-state index in [0.717, 1.165) is 61.0 Å². The van der Waals surface area contributed by atoms with Crippen molar-refractivity contribution >= 4 is 55.2 Å². The van der Waals surface area contributed by atoms with Crippen molar-refractivity contribution in [2.24, 2.45) is 0 Å². The summed E-state index contributed by atoms with van der Waals surface area (Å²) >= 11 is 0. The van der Waals surface area contributed by atoms with E-state index in [1.165, 1.54) is 0 Å². The van der Waals surface area contributed by atoms with Gasteiger partial charge in [-0.25, -0.2) is 35.9 Å². The number of aromatic amines is 2. The van der Waals surface area contributed by atoms with Crippen molar-refractivity contribution in [1.29, 1.82) is 0 Å². The van der Waals surface area contributed by atoms with Crippen LogP contribution < -0.4 is 30.7 Å². The third-order valence-corrected chi connectivity index (χ3v) is 13.5. The molecule has 20 heteroatoms. The first-order chi connectivity index (χ1) is 27.6. The first-order valence-electron chi connectivity index (χ1n) is 19.5. The van der Waals surface area contributed by atoms with E-state index in [0.29, 0.717) is 42.0 Å². The Morgan fingerprint density at radius 3 is 1.57 bits per heavy atom. The van der Waals surface area contributed by atoms with Crippen LogP contribution in [0.5, 0.6) is 0 Å². The number of aromatic nitrogens is 4. The fourth-order valence-corrected chi connectivity index (χ4v) is 10.3. The third-order valence-electron chi connectivity index (χ3n) is 10.4. The van der Waals surface area contributed by atoms with Crippen LogP contribution in [-0.4, -0.2) is 73.7 Å². The maximum atomic E-state index is 12.3. The molecule has 18 nitrogen and oxygen atoms in total. The van der Waals surface area contributed by atoms with Crippen molar-refractivity contribution in [2.75, 3.05) is 10.6 Å². The fraction of sp³-hybridized carbons (Fsp3) is 0.474. The minimum atomic E-state index is -3.49. The fourth-order valence-electron chi connectivity index (χ4n) is 7.51. The highest BCUT2D eigenvalue weighted by Gasteiger charge is 2.35. The molecule has 0 bridgehead atoms. The normalized spacial score (nSPS) is 22.4. The average Bonchev–Trinajstić information content (AvgIpc) is 3.93. The molecule has 0 radical (unpaired) electrons. The Kier molecular flexibility index (Phi) is 12.0. The van der Waals surface area contributed by atoms with Gasteiger partial charge in [-0.2, -0.15) is 10.2 Å². The van der Waals surface area contributed by atoms with Crippen LogP contribution in [0.2, 0.25) is 0 Å². The van der Waals surface area contributed by atoms with E-state index in [-0.39, 0.29) is 46.1 Å². The number of anilines is 4. The standard InChI is InChI=1S/C20H27N5O4S.C18H23N5O4S/c1-12(2)22-20(26)29-15-8-6-13(7-9-15)17-10-18(25-24-17)23-16-5-3-4-14-11-21-30(27,28)19(14)16;1-10(2)20-18(24)27-13-6-12(7-13)15-8-16(23-22-15)21-14-5-3-4-11-9-19-28(25,26)17(11)14/h3-5,10,12-13,15,21H,6-9,11H2,1-2H3,(H,22,26)(H2,23,24,25);3-5,8,10,12-13,19H,6-7,9H2,1-2H3,(H,20,24)(H2,21,22,23). The average molecular weight is 839 g/mol. The number of fused-ring (bicyclic) bond motifs is 2. The number of amides is 2. The molecular formula is C38H50N10O8S2. The van der Waals surface area contributed by atoms with Crippen molar-refractivity contribution in [3.05, 3.63) is 71.0 Å². The lowest BCUT2D eigenvalue weighted by atomic mass is 9.80. The Balaban J connectivity index is 0.000000177. The lowest BCUT2D eigenvalue weighted by Crippen LogP contribution is -2.38. The second-order valence-electron chi connectivity index (χ2n) is 15.6. The summed E-state index contributed by atoms with van der Waals surface area (Å²) in [5.41, 5.74) is 4.43. The van der Waals surface area contributed by atoms with Gasteiger partial charge in [0.1, 0.15) is 22.0 Å². The largest absolute Gasteiger partial charge is 0.446 e. The van der Waals surface area contributed by atoms with Gasteiger partial charge >= 0.3 is 12.2 Å². The monoisotopic (exact) mass is 838 g/mol. The molecular weight excluding hydrogens is 789 g/mol. The van der Waals surface area contributed by atoms with Crippen LogP contribution in [0.4, 0.5) is 32.6 Å². The van der Waals surface area contributed by atoms with Crippen LogP contribution in [0.15, 0.2) is 58.3 Å². The molecule has 2 aromatic carbocycles. The third kappa shape index (κ3) is 9.57. The highest BCUT2D eigenvalue weighted by atomic mass is 32.2. The van der Waals surface area contributed by atoms with Gasteiger partial charge in [-0.3, -0.25) is 10.2 Å². The number of nitrogens with one attached hydrogen (secondary N) is 8. The van der Waals surface area contributed by atoms with Gasteiger partial charge in [-0.1, -0.05) is 24.3 Å². The molecule has 2 saturated carbocycles. The quantitative estimate of drug-likeness (QED) is 0.0996. The van der Waals surface area contributed by atoms with E-state index in [2.05, 4.69) is 51.1 Å².